The van der Waals surface area contributed by atoms with Crippen LogP contribution in [0.4, 0.5) is 30.2 Å². The van der Waals surface area contributed by atoms with Gasteiger partial charge in [-0.1, -0.05) is 66.7 Å². The molecule has 10 heteroatoms. The van der Waals surface area contributed by atoms with Crippen LogP contribution in [0.2, 0.25) is 0 Å². The van der Waals surface area contributed by atoms with Gasteiger partial charge in [-0.3, -0.25) is 4.79 Å². The van der Waals surface area contributed by atoms with Crippen LogP contribution in [0.5, 0.6) is 0 Å². The number of Topliss-reactive ketones (excluding diaryl/α,β-unsaturated/α-hetero) is 1. The molecule has 0 atom stereocenters. The molecule has 6 rings (SSSR count). The highest BCUT2D eigenvalue weighted by Gasteiger charge is 2.47. The van der Waals surface area contributed by atoms with Gasteiger partial charge < -0.3 is 4.90 Å². The van der Waals surface area contributed by atoms with E-state index in [-0.39, 0.29) is 15.1 Å². The van der Waals surface area contributed by atoms with Gasteiger partial charge in [0.15, 0.2) is 5.78 Å². The molecule has 50 heavy (non-hydrogen) atoms. The molecule has 0 fully saturated rings. The average molecular weight is 710 g/mol. The van der Waals surface area contributed by atoms with Crippen LogP contribution >= 0.6 is 0 Å². The predicted molar refractivity (Wildman–Crippen MR) is 196 cm³/mol. The van der Waals surface area contributed by atoms with Crippen molar-refractivity contribution in [2.45, 2.75) is 33.2 Å². The number of ketones is 1. The number of alkyl halides is 3. The zero-order valence-corrected chi connectivity index (χ0v) is 30.0. The van der Waals surface area contributed by atoms with Crippen LogP contribution in [0.3, 0.4) is 0 Å². The molecule has 0 N–H and O–H groups in total. The zero-order valence-electron chi connectivity index (χ0n) is 28.2. The summed E-state index contributed by atoms with van der Waals surface area (Å²) in [7, 11) is -5.44. The van der Waals surface area contributed by atoms with Crippen LogP contribution < -0.4 is 10.1 Å². The lowest BCUT2D eigenvalue weighted by molar-refractivity contribution is -0.435. The molecule has 0 unspecified atom stereocenters. The molecule has 0 saturated carbocycles. The molecule has 0 saturated heterocycles. The van der Waals surface area contributed by atoms with E-state index in [4.69, 9.17) is 0 Å². The summed E-state index contributed by atoms with van der Waals surface area (Å²) >= 11 is 0. The largest absolute Gasteiger partial charge is 0.497 e. The first kappa shape index (κ1) is 35.0. The summed E-state index contributed by atoms with van der Waals surface area (Å²) in [6.45, 7) is 9.77. The fourth-order valence-corrected chi connectivity index (χ4v) is 8.70. The minimum Gasteiger partial charge on any atom is -0.342 e. The van der Waals surface area contributed by atoms with Crippen LogP contribution in [0.15, 0.2) is 120 Å². The molecule has 1 aliphatic carbocycles. The highest BCUT2D eigenvalue weighted by molar-refractivity contribution is 7.93. The predicted octanol–water partition coefficient (Wildman–Crippen LogP) is 7.98. The van der Waals surface area contributed by atoms with Crippen LogP contribution in [-0.2, 0) is 9.84 Å². The lowest BCUT2D eigenvalue weighted by Crippen LogP contribution is -2.32. The standard InChI is InChI=1S/C40H36F3N2O3SSi/c1-5-44(34-17-11-7-13-26(34)3)28-19-21-32-37(23-28)50-38-24-29(45(6-2)35-18-12-8-14-27(35)4)20-22-33(38)39(32)31-16-10-9-15-30(31)36(46)25-49(47,48)40(41,42)43/h7-24H,5-6,25H2,1-4H3/q+1. The number of hydrogen-bond acceptors (Lipinski definition) is 4. The molecule has 1 heterocycles. The Morgan fingerprint density at radius 3 is 2.20 bits per heavy atom. The number of anilines is 2. The van der Waals surface area contributed by atoms with Gasteiger partial charge in [-0.2, -0.15) is 17.7 Å². The molecule has 0 bridgehead atoms. The van der Waals surface area contributed by atoms with Crippen molar-refractivity contribution in [3.05, 3.63) is 148 Å². The Hall–Kier alpha value is -4.80. The molecule has 5 nitrogen and oxygen atoms in total. The van der Waals surface area contributed by atoms with Gasteiger partial charge in [0.2, 0.25) is 11.4 Å². The number of sulfone groups is 1. The smallest absolute Gasteiger partial charge is 0.342 e. The van der Waals surface area contributed by atoms with Gasteiger partial charge in [0.25, 0.3) is 9.84 Å². The molecule has 0 amide bonds. The summed E-state index contributed by atoms with van der Waals surface area (Å²) in [6, 6.07) is 28.9. The summed E-state index contributed by atoms with van der Waals surface area (Å²) < 4.78 is 66.5. The number of halogens is 3. The summed E-state index contributed by atoms with van der Waals surface area (Å²) in [5.41, 5.74) is 3.56. The van der Waals surface area contributed by atoms with Crippen LogP contribution in [0, 0.1) is 13.8 Å². The quantitative estimate of drug-likeness (QED) is 0.101. The zero-order chi connectivity index (χ0) is 35.8. The summed E-state index contributed by atoms with van der Waals surface area (Å²) in [6.07, 6.45) is 6.18. The number of hydrogen-bond donors (Lipinski definition) is 0. The molecule has 254 valence electrons. The van der Waals surface area contributed by atoms with Crippen LogP contribution in [0.1, 0.15) is 46.5 Å². The maximum atomic E-state index is 13.4. The SMILES string of the molecule is CCN(c1ccc2c(c1)[Si]C1=CC(=[N+](CC)c3ccccc3C)C=CC1=C2c1ccccc1C(=O)CS(=O)(=O)C(F)(F)F)c1ccccc1C. The Morgan fingerprint density at radius 2 is 1.52 bits per heavy atom. The number of para-hydroxylation sites is 2. The van der Waals surface area contributed by atoms with Crippen LogP contribution in [-0.4, -0.2) is 58.4 Å². The normalized spacial score (nSPS) is 15.3. The first-order chi connectivity index (χ1) is 23.8. The third kappa shape index (κ3) is 6.57. The number of carbonyl (C=O) groups is 1. The molecule has 2 radical (unpaired) electrons. The van der Waals surface area contributed by atoms with E-state index in [1.807, 2.05) is 48.6 Å². The van der Waals surface area contributed by atoms with Crippen molar-refractivity contribution in [1.82, 2.24) is 0 Å². The first-order valence-electron chi connectivity index (χ1n) is 16.3. The molecule has 0 aromatic heterocycles. The van der Waals surface area contributed by atoms with Crippen molar-refractivity contribution in [3.63, 3.8) is 0 Å². The number of fused-ring (bicyclic) bond motifs is 2. The molecular weight excluding hydrogens is 674 g/mol. The molecular formula is C40H36F3N2O3SSi+. The molecule has 2 aliphatic rings. The minimum absolute atomic E-state index is 0.0733. The van der Waals surface area contributed by atoms with Crippen molar-refractivity contribution >= 4 is 58.7 Å². The van der Waals surface area contributed by atoms with Gasteiger partial charge in [-0.05, 0) is 90.2 Å². The molecule has 4 aromatic rings. The third-order valence-corrected chi connectivity index (χ3v) is 11.8. The van der Waals surface area contributed by atoms with Gasteiger partial charge in [-0.15, -0.1) is 0 Å². The Labute approximate surface area is 293 Å². The van der Waals surface area contributed by atoms with Gasteiger partial charge in [0.1, 0.15) is 21.8 Å². The van der Waals surface area contributed by atoms with Gasteiger partial charge >= 0.3 is 5.51 Å². The van der Waals surface area contributed by atoms with Gasteiger partial charge in [0, 0.05) is 47.3 Å². The van der Waals surface area contributed by atoms with Crippen LogP contribution in [0.25, 0.3) is 5.57 Å². The summed E-state index contributed by atoms with van der Waals surface area (Å²) in [4.78, 5) is 15.7. The topological polar surface area (TPSA) is 57.5 Å². The second-order valence-corrected chi connectivity index (χ2v) is 15.5. The van der Waals surface area contributed by atoms with Crippen molar-refractivity contribution in [2.24, 2.45) is 0 Å². The fourth-order valence-electron chi connectivity index (χ4n) is 6.62. The van der Waals surface area contributed by atoms with E-state index in [9.17, 15) is 26.4 Å². The number of nitrogens with zero attached hydrogens (tertiary/aromatic N) is 2. The number of aryl methyl sites for hydroxylation is 2. The lowest BCUT2D eigenvalue weighted by Gasteiger charge is -2.30. The lowest BCUT2D eigenvalue weighted by atomic mass is 9.86. The van der Waals surface area contributed by atoms with E-state index < -0.39 is 26.9 Å². The van der Waals surface area contributed by atoms with Crippen molar-refractivity contribution < 1.29 is 31.0 Å². The Balaban J connectivity index is 1.56. The molecule has 1 aliphatic heterocycles. The average Bonchev–Trinajstić information content (AvgIpc) is 3.08. The second kappa shape index (κ2) is 13.8. The maximum absolute atomic E-state index is 13.4. The first-order valence-corrected chi connectivity index (χ1v) is 19.0. The van der Waals surface area contributed by atoms with E-state index >= 15 is 0 Å². The fraction of sp³-hybridized carbons (Fsp3) is 0.200. The molecule has 0 spiro atoms. The number of benzene rings is 4. The van der Waals surface area contributed by atoms with Gasteiger partial charge in [-0.25, -0.2) is 8.42 Å². The monoisotopic (exact) mass is 709 g/mol. The third-order valence-electron chi connectivity index (χ3n) is 9.05. The summed E-state index contributed by atoms with van der Waals surface area (Å²) in [5, 5.41) is 2.02. The highest BCUT2D eigenvalue weighted by atomic mass is 32.2. The second-order valence-electron chi connectivity index (χ2n) is 12.2. The summed E-state index contributed by atoms with van der Waals surface area (Å²) in [5.74, 6) is -2.77. The Morgan fingerprint density at radius 1 is 0.840 bits per heavy atom. The van der Waals surface area contributed by atoms with E-state index in [1.165, 1.54) is 6.07 Å². The van der Waals surface area contributed by atoms with Crippen molar-refractivity contribution in [3.8, 4) is 0 Å². The van der Waals surface area contributed by atoms with Crippen molar-refractivity contribution in [1.29, 1.82) is 0 Å². The number of allylic oxidation sites excluding steroid dienone is 5. The maximum Gasteiger partial charge on any atom is 0.497 e. The highest BCUT2D eigenvalue weighted by Crippen LogP contribution is 2.39. The van der Waals surface area contributed by atoms with E-state index in [2.05, 4.69) is 73.6 Å². The van der Waals surface area contributed by atoms with E-state index in [0.717, 1.165) is 68.5 Å². The number of carbonyl (C=O) groups excluding carboxylic acids is 1. The molecule has 4 aromatic carbocycles. The van der Waals surface area contributed by atoms with Gasteiger partial charge in [0.05, 0.1) is 0 Å². The number of rotatable bonds is 9. The van der Waals surface area contributed by atoms with E-state index in [1.54, 1.807) is 18.2 Å². The Kier molecular flexibility index (Phi) is 9.70. The minimum atomic E-state index is -5.68. The van der Waals surface area contributed by atoms with E-state index in [0.29, 0.717) is 11.1 Å². The van der Waals surface area contributed by atoms with Crippen molar-refractivity contribution in [2.75, 3.05) is 23.7 Å². The Bertz CT molecular complexity index is 2250.